The van der Waals surface area contributed by atoms with Crippen LogP contribution in [0.3, 0.4) is 0 Å². The summed E-state index contributed by atoms with van der Waals surface area (Å²) in [5.41, 5.74) is 3.87. The predicted octanol–water partition coefficient (Wildman–Crippen LogP) is 3.11. The van der Waals surface area contributed by atoms with Gasteiger partial charge in [0, 0.05) is 36.5 Å². The summed E-state index contributed by atoms with van der Waals surface area (Å²) in [7, 11) is 2.08. The third-order valence-electron chi connectivity index (χ3n) is 6.96. The van der Waals surface area contributed by atoms with Crippen molar-refractivity contribution in [1.29, 1.82) is 0 Å². The Morgan fingerprint density at radius 1 is 1.19 bits per heavy atom. The quantitative estimate of drug-likeness (QED) is 0.519. The highest BCUT2D eigenvalue weighted by Crippen LogP contribution is 2.40. The van der Waals surface area contributed by atoms with E-state index in [-0.39, 0.29) is 0 Å². The molecule has 4 aromatic heterocycles. The molecule has 2 unspecified atom stereocenters. The topological polar surface area (TPSA) is 83.4 Å². The molecule has 4 aromatic rings. The van der Waals surface area contributed by atoms with Crippen LogP contribution in [0, 0.1) is 11.8 Å². The largest absolute Gasteiger partial charge is 0.492 e. The molecule has 0 bridgehead atoms. The Labute approximate surface area is 180 Å². The third-order valence-corrected chi connectivity index (χ3v) is 6.96. The highest BCUT2D eigenvalue weighted by atomic mass is 16.5. The van der Waals surface area contributed by atoms with Crippen LogP contribution in [-0.4, -0.2) is 57.6 Å². The summed E-state index contributed by atoms with van der Waals surface area (Å²) >= 11 is 0. The van der Waals surface area contributed by atoms with E-state index in [1.807, 2.05) is 30.0 Å². The zero-order chi connectivity index (χ0) is 20.9. The lowest BCUT2D eigenvalue weighted by atomic mass is 10.0. The summed E-state index contributed by atoms with van der Waals surface area (Å²) in [5, 5.41) is 16.2. The summed E-state index contributed by atoms with van der Waals surface area (Å²) in [6.45, 7) is 4.81. The molecule has 0 aromatic carbocycles. The molecular weight excluding hydrogens is 390 g/mol. The van der Waals surface area contributed by atoms with Gasteiger partial charge in [-0.1, -0.05) is 0 Å². The molecule has 6 rings (SSSR count). The number of rotatable bonds is 5. The monoisotopic (exact) mass is 417 g/mol. The number of nitrogens with zero attached hydrogens (tertiary/aromatic N) is 5. The van der Waals surface area contributed by atoms with Crippen LogP contribution < -0.4 is 15.0 Å². The van der Waals surface area contributed by atoms with Crippen molar-refractivity contribution < 1.29 is 4.74 Å². The van der Waals surface area contributed by atoms with E-state index in [2.05, 4.69) is 50.8 Å². The van der Waals surface area contributed by atoms with E-state index in [1.54, 1.807) is 0 Å². The molecule has 2 aliphatic rings. The molecule has 1 aliphatic carbocycles. The lowest BCUT2D eigenvalue weighted by Crippen LogP contribution is -2.27. The van der Waals surface area contributed by atoms with Crippen LogP contribution in [0.5, 0.6) is 5.75 Å². The van der Waals surface area contributed by atoms with E-state index in [9.17, 15) is 0 Å². The number of fused-ring (bicyclic) bond motifs is 4. The average molecular weight is 418 g/mol. The fourth-order valence-electron chi connectivity index (χ4n) is 5.46. The zero-order valence-corrected chi connectivity index (χ0v) is 17.9. The maximum absolute atomic E-state index is 5.79. The molecule has 1 saturated carbocycles. The number of hydrogen-bond donors (Lipinski definition) is 2. The maximum Gasteiger partial charge on any atom is 0.178 e. The Kier molecular flexibility index (Phi) is 4.34. The lowest BCUT2D eigenvalue weighted by Gasteiger charge is -2.20. The fourth-order valence-corrected chi connectivity index (χ4v) is 5.46. The summed E-state index contributed by atoms with van der Waals surface area (Å²) in [6, 6.07) is 7.07. The molecular formula is C23H27N7O. The van der Waals surface area contributed by atoms with Gasteiger partial charge in [0.15, 0.2) is 5.65 Å². The SMILES string of the molecule is CCOc1cc(-c2ccc(N3CC4CC(NC)CC4C3)nc2)c2c3cn[nH]c3nn2c1. The zero-order valence-electron chi connectivity index (χ0n) is 17.9. The van der Waals surface area contributed by atoms with Crippen molar-refractivity contribution in [1.82, 2.24) is 30.1 Å². The van der Waals surface area contributed by atoms with Crippen molar-refractivity contribution in [2.24, 2.45) is 11.8 Å². The minimum Gasteiger partial charge on any atom is -0.492 e. The van der Waals surface area contributed by atoms with Crippen molar-refractivity contribution >= 4 is 22.4 Å². The molecule has 0 spiro atoms. The van der Waals surface area contributed by atoms with Gasteiger partial charge in [0.25, 0.3) is 0 Å². The number of aromatic amines is 1. The van der Waals surface area contributed by atoms with Gasteiger partial charge in [-0.05, 0) is 56.8 Å². The van der Waals surface area contributed by atoms with E-state index < -0.39 is 0 Å². The summed E-state index contributed by atoms with van der Waals surface area (Å²) in [5.74, 6) is 3.42. The predicted molar refractivity (Wildman–Crippen MR) is 121 cm³/mol. The second-order valence-electron chi connectivity index (χ2n) is 8.74. The van der Waals surface area contributed by atoms with Gasteiger partial charge in [0.1, 0.15) is 11.6 Å². The van der Waals surface area contributed by atoms with Crippen LogP contribution >= 0.6 is 0 Å². The third kappa shape index (κ3) is 3.05. The normalized spacial score (nSPS) is 23.2. The first kappa shape index (κ1) is 18.6. The van der Waals surface area contributed by atoms with Gasteiger partial charge in [-0.15, -0.1) is 5.10 Å². The van der Waals surface area contributed by atoms with Crippen LogP contribution in [0.4, 0.5) is 5.82 Å². The molecule has 2 atom stereocenters. The van der Waals surface area contributed by atoms with Gasteiger partial charge in [-0.25, -0.2) is 9.50 Å². The maximum atomic E-state index is 5.79. The van der Waals surface area contributed by atoms with Crippen molar-refractivity contribution in [2.75, 3.05) is 31.6 Å². The molecule has 31 heavy (non-hydrogen) atoms. The Morgan fingerprint density at radius 3 is 2.74 bits per heavy atom. The highest BCUT2D eigenvalue weighted by molar-refractivity contribution is 6.00. The van der Waals surface area contributed by atoms with Crippen molar-refractivity contribution in [2.45, 2.75) is 25.8 Å². The second kappa shape index (κ2) is 7.23. The summed E-state index contributed by atoms with van der Waals surface area (Å²) in [6.07, 6.45) is 8.27. The van der Waals surface area contributed by atoms with Crippen LogP contribution in [-0.2, 0) is 0 Å². The molecule has 1 saturated heterocycles. The molecule has 160 valence electrons. The van der Waals surface area contributed by atoms with E-state index >= 15 is 0 Å². The molecule has 0 amide bonds. The van der Waals surface area contributed by atoms with Gasteiger partial charge in [-0.3, -0.25) is 5.10 Å². The molecule has 8 nitrogen and oxygen atoms in total. The first-order valence-electron chi connectivity index (χ1n) is 11.1. The Hall–Kier alpha value is -3.13. The number of anilines is 1. The molecule has 0 radical (unpaired) electrons. The van der Waals surface area contributed by atoms with Crippen molar-refractivity contribution in [3.63, 3.8) is 0 Å². The van der Waals surface area contributed by atoms with Gasteiger partial charge in [-0.2, -0.15) is 5.10 Å². The second-order valence-corrected chi connectivity index (χ2v) is 8.74. The molecule has 8 heteroatoms. The number of pyridine rings is 2. The Morgan fingerprint density at radius 2 is 2.03 bits per heavy atom. The number of ether oxygens (including phenoxy) is 1. The Balaban J connectivity index is 1.34. The van der Waals surface area contributed by atoms with E-state index in [1.165, 1.54) is 12.8 Å². The fraction of sp³-hybridized carbons (Fsp3) is 0.435. The smallest absolute Gasteiger partial charge is 0.178 e. The minimum absolute atomic E-state index is 0.606. The molecule has 1 aliphatic heterocycles. The van der Waals surface area contributed by atoms with Crippen molar-refractivity contribution in [3.05, 3.63) is 36.8 Å². The standard InChI is InChI=1S/C23H27N7O/c1-3-31-18-8-19(22-20-10-26-27-23(20)28-30(22)13-18)14-4-5-21(25-9-14)29-11-15-6-17(24-2)7-16(15)12-29/h4-5,8-10,13,15-17,24H,3,6-7,11-12H2,1-2H3,(H,27,28). The van der Waals surface area contributed by atoms with E-state index in [4.69, 9.17) is 9.72 Å². The Bertz CT molecular complexity index is 1210. The summed E-state index contributed by atoms with van der Waals surface area (Å²) in [4.78, 5) is 7.30. The minimum atomic E-state index is 0.606. The summed E-state index contributed by atoms with van der Waals surface area (Å²) < 4.78 is 7.67. The van der Waals surface area contributed by atoms with Gasteiger partial charge < -0.3 is 15.0 Å². The molecule has 2 fully saturated rings. The number of nitrogens with one attached hydrogen (secondary N) is 2. The van der Waals surface area contributed by atoms with E-state index in [0.29, 0.717) is 12.6 Å². The van der Waals surface area contributed by atoms with Gasteiger partial charge in [0.2, 0.25) is 0 Å². The highest BCUT2D eigenvalue weighted by Gasteiger charge is 2.40. The number of H-pyrrole nitrogens is 1. The average Bonchev–Trinajstić information content (AvgIpc) is 3.53. The first-order valence-corrected chi connectivity index (χ1v) is 11.1. The van der Waals surface area contributed by atoms with Crippen LogP contribution in [0.25, 0.3) is 27.7 Å². The van der Waals surface area contributed by atoms with Crippen LogP contribution in [0.2, 0.25) is 0 Å². The van der Waals surface area contributed by atoms with Crippen LogP contribution in [0.15, 0.2) is 36.8 Å². The van der Waals surface area contributed by atoms with Gasteiger partial charge in [0.05, 0.1) is 29.9 Å². The molecule has 5 heterocycles. The van der Waals surface area contributed by atoms with Crippen LogP contribution in [0.1, 0.15) is 19.8 Å². The van der Waals surface area contributed by atoms with Crippen molar-refractivity contribution in [3.8, 4) is 16.9 Å². The van der Waals surface area contributed by atoms with Gasteiger partial charge >= 0.3 is 0 Å². The molecule has 2 N–H and O–H groups in total. The number of hydrogen-bond acceptors (Lipinski definition) is 6. The van der Waals surface area contributed by atoms with E-state index in [0.717, 1.165) is 64.2 Å². The number of aromatic nitrogens is 5. The first-order chi connectivity index (χ1) is 15.2. The lowest BCUT2D eigenvalue weighted by molar-refractivity contribution is 0.338.